The summed E-state index contributed by atoms with van der Waals surface area (Å²) >= 11 is 0. The van der Waals surface area contributed by atoms with Crippen LogP contribution in [0, 0.1) is 5.92 Å². The molecule has 1 heterocycles. The number of amides is 2. The Morgan fingerprint density at radius 2 is 1.85 bits per heavy atom. The van der Waals surface area contributed by atoms with Crippen molar-refractivity contribution >= 4 is 27.5 Å². The van der Waals surface area contributed by atoms with Gasteiger partial charge in [-0.05, 0) is 71.3 Å². The minimum Gasteiger partial charge on any atom is -0.379 e. The maximum absolute atomic E-state index is 12.8. The lowest BCUT2D eigenvalue weighted by atomic mass is 9.95. The summed E-state index contributed by atoms with van der Waals surface area (Å²) in [6.07, 6.45) is 2.38. The number of benzene rings is 1. The van der Waals surface area contributed by atoms with Crippen LogP contribution in [0.5, 0.6) is 0 Å². The first-order chi connectivity index (χ1) is 15.5. The van der Waals surface area contributed by atoms with Crippen molar-refractivity contribution in [2.45, 2.75) is 57.1 Å². The van der Waals surface area contributed by atoms with E-state index in [4.69, 9.17) is 4.74 Å². The van der Waals surface area contributed by atoms with Gasteiger partial charge in [0.1, 0.15) is 0 Å². The first-order valence-corrected chi connectivity index (χ1v) is 12.9. The minimum absolute atomic E-state index is 0.0459. The number of hydrogen-bond donors (Lipinski definition) is 2. The smallest absolute Gasteiger partial charge is 0.242 e. The summed E-state index contributed by atoms with van der Waals surface area (Å²) in [7, 11) is -0.645. The van der Waals surface area contributed by atoms with Gasteiger partial charge in [-0.1, -0.05) is 6.07 Å². The fourth-order valence-corrected chi connectivity index (χ4v) is 4.60. The van der Waals surface area contributed by atoms with E-state index in [1.807, 2.05) is 20.8 Å². The standard InChI is InChI=1S/C23H38N4O5S/c1-17(2)32-15-7-12-24-23(29)19-10-13-27(14-11-19)18(3)22(28)25-20-8-6-9-21(16-20)33(30,31)26(4)5/h6,8-9,16-19H,7,10-15H2,1-5H3,(H,24,29)(H,25,28). The molecule has 1 aromatic carbocycles. The Kier molecular flexibility index (Phi) is 10.3. The van der Waals surface area contributed by atoms with Gasteiger partial charge in [0, 0.05) is 38.9 Å². The van der Waals surface area contributed by atoms with Crippen molar-refractivity contribution in [2.24, 2.45) is 5.92 Å². The van der Waals surface area contributed by atoms with E-state index in [0.717, 1.165) is 10.7 Å². The molecule has 0 radical (unpaired) electrons. The summed E-state index contributed by atoms with van der Waals surface area (Å²) in [5, 5.41) is 5.80. The minimum atomic E-state index is -3.58. The Morgan fingerprint density at radius 3 is 2.45 bits per heavy atom. The average molecular weight is 483 g/mol. The highest BCUT2D eigenvalue weighted by atomic mass is 32.2. The molecule has 33 heavy (non-hydrogen) atoms. The Labute approximate surface area is 197 Å². The predicted octanol–water partition coefficient (Wildman–Crippen LogP) is 1.91. The van der Waals surface area contributed by atoms with Crippen LogP contribution in [-0.4, -0.2) is 81.9 Å². The molecule has 1 aromatic rings. The molecule has 2 N–H and O–H groups in total. The highest BCUT2D eigenvalue weighted by Gasteiger charge is 2.30. The van der Waals surface area contributed by atoms with Gasteiger partial charge in [-0.2, -0.15) is 0 Å². The zero-order valence-electron chi connectivity index (χ0n) is 20.3. The molecule has 2 amide bonds. The SMILES string of the molecule is CC(C)OCCCNC(=O)C1CCN(C(C)C(=O)Nc2cccc(S(=O)(=O)N(C)C)c2)CC1. The van der Waals surface area contributed by atoms with Crippen molar-refractivity contribution in [3.05, 3.63) is 24.3 Å². The predicted molar refractivity (Wildman–Crippen MR) is 128 cm³/mol. The lowest BCUT2D eigenvalue weighted by molar-refractivity contribution is -0.127. The molecule has 1 aliphatic heterocycles. The van der Waals surface area contributed by atoms with E-state index in [-0.39, 0.29) is 28.7 Å². The van der Waals surface area contributed by atoms with Gasteiger partial charge >= 0.3 is 0 Å². The van der Waals surface area contributed by atoms with Gasteiger partial charge in [0.15, 0.2) is 0 Å². The Hall–Kier alpha value is -2.01. The number of anilines is 1. The van der Waals surface area contributed by atoms with Crippen molar-refractivity contribution in [2.75, 3.05) is 45.7 Å². The number of likely N-dealkylation sites (tertiary alicyclic amines) is 1. The molecule has 1 atom stereocenters. The highest BCUT2D eigenvalue weighted by molar-refractivity contribution is 7.89. The van der Waals surface area contributed by atoms with Gasteiger partial charge in [-0.15, -0.1) is 0 Å². The molecule has 186 valence electrons. The molecule has 0 aromatic heterocycles. The number of sulfonamides is 1. The lowest BCUT2D eigenvalue weighted by Gasteiger charge is -2.34. The average Bonchev–Trinajstić information content (AvgIpc) is 2.78. The van der Waals surface area contributed by atoms with Gasteiger partial charge in [0.2, 0.25) is 21.8 Å². The summed E-state index contributed by atoms with van der Waals surface area (Å²) < 4.78 is 31.3. The third-order valence-electron chi connectivity index (χ3n) is 5.78. The van der Waals surface area contributed by atoms with Crippen molar-refractivity contribution in [3.8, 4) is 0 Å². The molecule has 1 saturated heterocycles. The highest BCUT2D eigenvalue weighted by Crippen LogP contribution is 2.21. The van der Waals surface area contributed by atoms with E-state index in [9.17, 15) is 18.0 Å². The zero-order valence-corrected chi connectivity index (χ0v) is 21.2. The van der Waals surface area contributed by atoms with E-state index in [1.165, 1.54) is 26.2 Å². The van der Waals surface area contributed by atoms with Crippen LogP contribution in [-0.2, 0) is 24.3 Å². The molecule has 2 rings (SSSR count). The quantitative estimate of drug-likeness (QED) is 0.467. The van der Waals surface area contributed by atoms with E-state index in [2.05, 4.69) is 15.5 Å². The van der Waals surface area contributed by atoms with E-state index >= 15 is 0 Å². The second-order valence-electron chi connectivity index (χ2n) is 8.85. The number of piperidine rings is 1. The molecule has 9 nitrogen and oxygen atoms in total. The Balaban J connectivity index is 1.82. The van der Waals surface area contributed by atoms with Crippen LogP contribution in [0.3, 0.4) is 0 Å². The number of carbonyl (C=O) groups excluding carboxylic acids is 2. The summed E-state index contributed by atoms with van der Waals surface area (Å²) in [6.45, 7) is 8.34. The van der Waals surface area contributed by atoms with E-state index < -0.39 is 16.1 Å². The van der Waals surface area contributed by atoms with Crippen molar-refractivity contribution in [1.29, 1.82) is 0 Å². The summed E-state index contributed by atoms with van der Waals surface area (Å²) in [4.78, 5) is 27.4. The molecule has 1 aliphatic rings. The molecular formula is C23H38N4O5S. The number of ether oxygens (including phenoxy) is 1. The lowest BCUT2D eigenvalue weighted by Crippen LogP contribution is -2.48. The second kappa shape index (κ2) is 12.5. The molecule has 1 fully saturated rings. The van der Waals surface area contributed by atoms with Crippen LogP contribution in [0.15, 0.2) is 29.2 Å². The fourth-order valence-electron chi connectivity index (χ4n) is 3.65. The van der Waals surface area contributed by atoms with Gasteiger partial charge < -0.3 is 15.4 Å². The van der Waals surface area contributed by atoms with Crippen LogP contribution >= 0.6 is 0 Å². The number of nitrogens with zero attached hydrogens (tertiary/aromatic N) is 2. The summed E-state index contributed by atoms with van der Waals surface area (Å²) in [5.74, 6) is -0.187. The fraction of sp³-hybridized carbons (Fsp3) is 0.652. The van der Waals surface area contributed by atoms with Gasteiger partial charge in [-0.25, -0.2) is 12.7 Å². The molecule has 0 aliphatic carbocycles. The van der Waals surface area contributed by atoms with Gasteiger partial charge in [0.05, 0.1) is 17.0 Å². The largest absolute Gasteiger partial charge is 0.379 e. The number of nitrogens with one attached hydrogen (secondary N) is 2. The first kappa shape index (κ1) is 27.2. The molecular weight excluding hydrogens is 444 g/mol. The van der Waals surface area contributed by atoms with Gasteiger partial charge in [-0.3, -0.25) is 14.5 Å². The third-order valence-corrected chi connectivity index (χ3v) is 7.59. The molecule has 10 heteroatoms. The maximum atomic E-state index is 12.8. The van der Waals surface area contributed by atoms with E-state index in [1.54, 1.807) is 12.1 Å². The Bertz CT molecular complexity index is 896. The number of hydrogen-bond acceptors (Lipinski definition) is 6. The molecule has 0 saturated carbocycles. The van der Waals surface area contributed by atoms with Crippen molar-refractivity contribution < 1.29 is 22.7 Å². The van der Waals surface area contributed by atoms with Crippen LogP contribution < -0.4 is 10.6 Å². The summed E-state index contributed by atoms with van der Waals surface area (Å²) in [5.41, 5.74) is 0.436. The second-order valence-corrected chi connectivity index (χ2v) is 11.0. The van der Waals surface area contributed by atoms with Crippen molar-refractivity contribution in [1.82, 2.24) is 14.5 Å². The number of rotatable bonds is 11. The van der Waals surface area contributed by atoms with Crippen LogP contribution in [0.25, 0.3) is 0 Å². The van der Waals surface area contributed by atoms with Crippen LogP contribution in [0.1, 0.15) is 40.0 Å². The Morgan fingerprint density at radius 1 is 1.18 bits per heavy atom. The summed E-state index contributed by atoms with van der Waals surface area (Å²) in [6, 6.07) is 5.85. The first-order valence-electron chi connectivity index (χ1n) is 11.5. The normalized spacial score (nSPS) is 16.7. The van der Waals surface area contributed by atoms with Gasteiger partial charge in [0.25, 0.3) is 0 Å². The zero-order chi connectivity index (χ0) is 24.6. The van der Waals surface area contributed by atoms with Crippen molar-refractivity contribution in [3.63, 3.8) is 0 Å². The molecule has 0 bridgehead atoms. The third kappa shape index (κ3) is 8.06. The topological polar surface area (TPSA) is 108 Å². The monoisotopic (exact) mass is 482 g/mol. The number of carbonyl (C=O) groups is 2. The molecule has 1 unspecified atom stereocenters. The van der Waals surface area contributed by atoms with E-state index in [0.29, 0.717) is 44.8 Å². The van der Waals surface area contributed by atoms with Crippen LogP contribution in [0.2, 0.25) is 0 Å². The molecule has 0 spiro atoms. The van der Waals surface area contributed by atoms with Crippen LogP contribution in [0.4, 0.5) is 5.69 Å². The maximum Gasteiger partial charge on any atom is 0.242 e.